The molecule has 0 aromatic carbocycles. The fourth-order valence-electron chi connectivity index (χ4n) is 1.98. The predicted octanol–water partition coefficient (Wildman–Crippen LogP) is 2.69. The van der Waals surface area contributed by atoms with E-state index in [4.69, 9.17) is 0 Å². The molecule has 3 nitrogen and oxygen atoms in total. The number of aromatic nitrogens is 2. The quantitative estimate of drug-likeness (QED) is 0.697. The van der Waals surface area contributed by atoms with E-state index in [0.717, 1.165) is 35.4 Å². The van der Waals surface area contributed by atoms with Crippen LogP contribution in [0.3, 0.4) is 0 Å². The van der Waals surface area contributed by atoms with Gasteiger partial charge in [0.15, 0.2) is 0 Å². The summed E-state index contributed by atoms with van der Waals surface area (Å²) in [4.78, 5) is 17.7. The van der Waals surface area contributed by atoms with Gasteiger partial charge < -0.3 is 0 Å². The van der Waals surface area contributed by atoms with Gasteiger partial charge in [-0.15, -0.1) is 11.3 Å². The van der Waals surface area contributed by atoms with Crippen molar-refractivity contribution in [1.82, 2.24) is 9.55 Å². The number of hydrogen-bond acceptors (Lipinski definition) is 3. The van der Waals surface area contributed by atoms with Gasteiger partial charge in [0.25, 0.3) is 5.56 Å². The van der Waals surface area contributed by atoms with E-state index in [-0.39, 0.29) is 10.4 Å². The second kappa shape index (κ2) is 3.42. The summed E-state index contributed by atoms with van der Waals surface area (Å²) in [7, 11) is 0. The van der Waals surface area contributed by atoms with Crippen LogP contribution in [0.2, 0.25) is 0 Å². The fraction of sp³-hybridized carbons (Fsp3) is 0.400. The van der Waals surface area contributed by atoms with Crippen LogP contribution >= 0.6 is 27.3 Å². The van der Waals surface area contributed by atoms with Crippen molar-refractivity contribution in [3.05, 3.63) is 27.6 Å². The van der Waals surface area contributed by atoms with E-state index in [1.54, 1.807) is 4.57 Å². The Morgan fingerprint density at radius 1 is 1.60 bits per heavy atom. The third kappa shape index (κ3) is 1.37. The summed E-state index contributed by atoms with van der Waals surface area (Å²) in [6.45, 7) is 0.801. The molecule has 0 fully saturated rings. The Hall–Kier alpha value is -0.680. The molecule has 1 aliphatic rings. The minimum Gasteiger partial charge on any atom is -0.295 e. The van der Waals surface area contributed by atoms with E-state index in [1.165, 1.54) is 11.3 Å². The Balaban J connectivity index is 2.41. The summed E-state index contributed by atoms with van der Waals surface area (Å²) in [5.74, 6) is 0.890. The van der Waals surface area contributed by atoms with E-state index in [0.29, 0.717) is 0 Å². The first-order chi connectivity index (χ1) is 7.27. The van der Waals surface area contributed by atoms with Gasteiger partial charge in [0, 0.05) is 6.54 Å². The summed E-state index contributed by atoms with van der Waals surface area (Å²) in [6, 6.07) is 1.86. The number of rotatable bonds is 0. The van der Waals surface area contributed by atoms with Crippen molar-refractivity contribution in [2.24, 2.45) is 0 Å². The summed E-state index contributed by atoms with van der Waals surface area (Å²) in [5.41, 5.74) is 0.111. The van der Waals surface area contributed by atoms with E-state index in [9.17, 15) is 4.79 Å². The lowest BCUT2D eigenvalue weighted by Crippen LogP contribution is -2.28. The zero-order valence-electron chi connectivity index (χ0n) is 7.94. The molecule has 0 radical (unpaired) electrons. The molecular weight excluding hydrogens is 276 g/mol. The third-order valence-electron chi connectivity index (χ3n) is 2.73. The standard InChI is InChI=1S/C10H9BrN2OS/c11-7-2-1-4-13-8(7)12-9-6(10(13)14)3-5-15-9/h3,5,7H,1-2,4H2. The van der Waals surface area contributed by atoms with Gasteiger partial charge in [-0.3, -0.25) is 9.36 Å². The lowest BCUT2D eigenvalue weighted by Gasteiger charge is -2.21. The van der Waals surface area contributed by atoms with Crippen LogP contribution in [0.4, 0.5) is 0 Å². The maximum absolute atomic E-state index is 12.1. The smallest absolute Gasteiger partial charge is 0.262 e. The van der Waals surface area contributed by atoms with Crippen LogP contribution in [-0.4, -0.2) is 9.55 Å². The number of thiophene rings is 1. The first-order valence-corrected chi connectivity index (χ1v) is 6.69. The highest BCUT2D eigenvalue weighted by Crippen LogP contribution is 2.31. The Kier molecular flexibility index (Phi) is 2.17. The SMILES string of the molecule is O=c1c2ccsc2nc2n1CCCC2Br. The highest BCUT2D eigenvalue weighted by molar-refractivity contribution is 9.09. The highest BCUT2D eigenvalue weighted by atomic mass is 79.9. The Bertz CT molecular complexity index is 574. The molecule has 78 valence electrons. The molecule has 0 saturated heterocycles. The Morgan fingerprint density at radius 3 is 3.33 bits per heavy atom. The minimum atomic E-state index is 0.111. The van der Waals surface area contributed by atoms with Gasteiger partial charge in [-0.25, -0.2) is 4.98 Å². The molecule has 2 aromatic rings. The summed E-state index contributed by atoms with van der Waals surface area (Å²) in [6.07, 6.45) is 2.10. The lowest BCUT2D eigenvalue weighted by atomic mass is 10.1. The number of alkyl halides is 1. The zero-order valence-corrected chi connectivity index (χ0v) is 10.3. The van der Waals surface area contributed by atoms with Gasteiger partial charge in [-0.2, -0.15) is 0 Å². The largest absolute Gasteiger partial charge is 0.295 e. The van der Waals surface area contributed by atoms with Crippen molar-refractivity contribution in [3.63, 3.8) is 0 Å². The third-order valence-corrected chi connectivity index (χ3v) is 4.41. The minimum absolute atomic E-state index is 0.111. The van der Waals surface area contributed by atoms with Gasteiger partial charge in [0.1, 0.15) is 10.7 Å². The average Bonchev–Trinajstić information content (AvgIpc) is 2.68. The summed E-state index contributed by atoms with van der Waals surface area (Å²) in [5, 5.41) is 2.68. The maximum Gasteiger partial charge on any atom is 0.262 e. The predicted molar refractivity (Wildman–Crippen MR) is 64.8 cm³/mol. The molecule has 0 amide bonds. The van der Waals surface area contributed by atoms with Crippen molar-refractivity contribution in [1.29, 1.82) is 0 Å². The van der Waals surface area contributed by atoms with Gasteiger partial charge in [-0.1, -0.05) is 15.9 Å². The van der Waals surface area contributed by atoms with E-state index < -0.39 is 0 Å². The molecule has 0 aliphatic carbocycles. The van der Waals surface area contributed by atoms with Crippen LogP contribution in [-0.2, 0) is 6.54 Å². The van der Waals surface area contributed by atoms with Crippen LogP contribution in [0.5, 0.6) is 0 Å². The van der Waals surface area contributed by atoms with Crippen LogP contribution < -0.4 is 5.56 Å². The average molecular weight is 285 g/mol. The van der Waals surface area contributed by atoms with Crippen LogP contribution in [0.15, 0.2) is 16.2 Å². The van der Waals surface area contributed by atoms with Crippen molar-refractivity contribution in [3.8, 4) is 0 Å². The van der Waals surface area contributed by atoms with Crippen molar-refractivity contribution in [2.45, 2.75) is 24.2 Å². The fourth-order valence-corrected chi connectivity index (χ4v) is 3.41. The molecule has 0 saturated carbocycles. The van der Waals surface area contributed by atoms with E-state index in [1.807, 2.05) is 11.4 Å². The first kappa shape index (κ1) is 9.54. The Morgan fingerprint density at radius 2 is 2.47 bits per heavy atom. The zero-order chi connectivity index (χ0) is 10.4. The molecule has 0 bridgehead atoms. The number of halogens is 1. The van der Waals surface area contributed by atoms with Gasteiger partial charge >= 0.3 is 0 Å². The molecule has 3 rings (SSSR count). The number of hydrogen-bond donors (Lipinski definition) is 0. The first-order valence-electron chi connectivity index (χ1n) is 4.89. The molecule has 0 spiro atoms. The van der Waals surface area contributed by atoms with Crippen LogP contribution in [0.25, 0.3) is 10.2 Å². The highest BCUT2D eigenvalue weighted by Gasteiger charge is 2.21. The number of nitrogens with zero attached hydrogens (tertiary/aromatic N) is 2. The van der Waals surface area contributed by atoms with Crippen LogP contribution in [0, 0.1) is 0 Å². The topological polar surface area (TPSA) is 34.9 Å². The summed E-state index contributed by atoms with van der Waals surface area (Å²) >= 11 is 5.11. The van der Waals surface area contributed by atoms with Crippen molar-refractivity contribution < 1.29 is 0 Å². The molecular formula is C10H9BrN2OS. The molecule has 1 unspecified atom stereocenters. The maximum atomic E-state index is 12.1. The molecule has 3 heterocycles. The van der Waals surface area contributed by atoms with Gasteiger partial charge in [0.2, 0.25) is 0 Å². The van der Waals surface area contributed by atoms with Gasteiger partial charge in [0.05, 0.1) is 10.2 Å². The molecule has 15 heavy (non-hydrogen) atoms. The molecule has 1 aliphatic heterocycles. The molecule has 2 aromatic heterocycles. The summed E-state index contributed by atoms with van der Waals surface area (Å²) < 4.78 is 1.80. The van der Waals surface area contributed by atoms with E-state index >= 15 is 0 Å². The number of fused-ring (bicyclic) bond motifs is 2. The van der Waals surface area contributed by atoms with Crippen molar-refractivity contribution >= 4 is 37.5 Å². The lowest BCUT2D eigenvalue weighted by molar-refractivity contribution is 0.498. The normalized spacial score (nSPS) is 20.5. The second-order valence-corrected chi connectivity index (χ2v) is 5.68. The molecule has 0 N–H and O–H groups in total. The van der Waals surface area contributed by atoms with Crippen LogP contribution in [0.1, 0.15) is 23.5 Å². The van der Waals surface area contributed by atoms with Crippen molar-refractivity contribution in [2.75, 3.05) is 0 Å². The second-order valence-electron chi connectivity index (χ2n) is 3.68. The monoisotopic (exact) mass is 284 g/mol. The van der Waals surface area contributed by atoms with E-state index in [2.05, 4.69) is 20.9 Å². The Labute approximate surface area is 98.9 Å². The van der Waals surface area contributed by atoms with Gasteiger partial charge in [-0.05, 0) is 24.3 Å². The molecule has 1 atom stereocenters. The molecule has 5 heteroatoms.